The van der Waals surface area contributed by atoms with Crippen LogP contribution >= 0.6 is 0 Å². The largest absolute Gasteiger partial charge is 0.253 e. The Kier molecular flexibility index (Phi) is 1.76. The lowest BCUT2D eigenvalue weighted by Crippen LogP contribution is -1.89. The van der Waals surface area contributed by atoms with Gasteiger partial charge in [-0.1, -0.05) is 0 Å². The molecular formula is C11H12N2. The maximum atomic E-state index is 4.42. The number of hydrogen-bond donors (Lipinski definition) is 0. The van der Waals surface area contributed by atoms with Gasteiger partial charge in [-0.3, -0.25) is 4.98 Å². The molecule has 0 atom stereocenters. The Labute approximate surface area is 77.6 Å². The highest BCUT2D eigenvalue weighted by Gasteiger charge is 1.99. The summed E-state index contributed by atoms with van der Waals surface area (Å²) in [6, 6.07) is 4.17. The number of nitrogens with zero attached hydrogens (tertiary/aromatic N) is 2. The van der Waals surface area contributed by atoms with Crippen molar-refractivity contribution in [3.8, 4) is 0 Å². The van der Waals surface area contributed by atoms with Gasteiger partial charge in [-0.15, -0.1) is 0 Å². The molecule has 66 valence electrons. The van der Waals surface area contributed by atoms with Gasteiger partial charge >= 0.3 is 0 Å². The maximum Gasteiger partial charge on any atom is 0.0892 e. The zero-order valence-electron chi connectivity index (χ0n) is 8.13. The predicted octanol–water partition coefficient (Wildman–Crippen LogP) is 2.56. The van der Waals surface area contributed by atoms with Crippen molar-refractivity contribution >= 4 is 11.0 Å². The third-order valence-electron chi connectivity index (χ3n) is 2.28. The Bertz CT molecular complexity index is 461. The fraction of sp³-hybridized carbons (Fsp3) is 0.273. The van der Waals surface area contributed by atoms with E-state index in [0.717, 1.165) is 16.7 Å². The highest BCUT2D eigenvalue weighted by molar-refractivity contribution is 5.76. The van der Waals surface area contributed by atoms with Crippen LogP contribution in [0.3, 0.4) is 0 Å². The van der Waals surface area contributed by atoms with Gasteiger partial charge in [0.15, 0.2) is 0 Å². The van der Waals surface area contributed by atoms with Crippen molar-refractivity contribution in [1.82, 2.24) is 9.97 Å². The lowest BCUT2D eigenvalue weighted by Gasteiger charge is -2.02. The minimum atomic E-state index is 0.968. The Hall–Kier alpha value is -1.44. The van der Waals surface area contributed by atoms with Gasteiger partial charge in [0.05, 0.1) is 16.7 Å². The van der Waals surface area contributed by atoms with E-state index in [4.69, 9.17) is 0 Å². The minimum absolute atomic E-state index is 0.968. The number of aromatic nitrogens is 2. The van der Waals surface area contributed by atoms with Gasteiger partial charge in [0, 0.05) is 6.20 Å². The highest BCUT2D eigenvalue weighted by atomic mass is 14.8. The first-order chi connectivity index (χ1) is 6.16. The van der Waals surface area contributed by atoms with E-state index in [1.165, 1.54) is 11.1 Å². The van der Waals surface area contributed by atoms with Gasteiger partial charge in [-0.25, -0.2) is 4.98 Å². The van der Waals surface area contributed by atoms with E-state index < -0.39 is 0 Å². The normalized spacial score (nSPS) is 10.7. The first-order valence-corrected chi connectivity index (χ1v) is 4.37. The molecule has 0 fully saturated rings. The quantitative estimate of drug-likeness (QED) is 0.610. The molecule has 2 rings (SSSR count). The Morgan fingerprint density at radius 3 is 2.23 bits per heavy atom. The van der Waals surface area contributed by atoms with Crippen LogP contribution in [0.5, 0.6) is 0 Å². The lowest BCUT2D eigenvalue weighted by atomic mass is 10.1. The molecule has 0 saturated heterocycles. The average molecular weight is 172 g/mol. The molecule has 1 heterocycles. The maximum absolute atomic E-state index is 4.42. The van der Waals surface area contributed by atoms with Crippen LogP contribution in [0.1, 0.15) is 16.8 Å². The average Bonchev–Trinajstić information content (AvgIpc) is 2.08. The van der Waals surface area contributed by atoms with Gasteiger partial charge in [0.2, 0.25) is 0 Å². The van der Waals surface area contributed by atoms with Crippen LogP contribution in [0.2, 0.25) is 0 Å². The van der Waals surface area contributed by atoms with E-state index in [9.17, 15) is 0 Å². The molecule has 0 saturated carbocycles. The van der Waals surface area contributed by atoms with E-state index >= 15 is 0 Å². The molecule has 2 heteroatoms. The summed E-state index contributed by atoms with van der Waals surface area (Å²) in [5.41, 5.74) is 5.48. The van der Waals surface area contributed by atoms with Crippen LogP contribution < -0.4 is 0 Å². The van der Waals surface area contributed by atoms with Crippen molar-refractivity contribution in [2.24, 2.45) is 0 Å². The Balaban J connectivity index is 2.81. The molecule has 1 aromatic carbocycles. The van der Waals surface area contributed by atoms with Crippen LogP contribution in [-0.4, -0.2) is 9.97 Å². The van der Waals surface area contributed by atoms with Crippen LogP contribution in [0.4, 0.5) is 0 Å². The van der Waals surface area contributed by atoms with E-state index in [0.29, 0.717) is 0 Å². The molecule has 0 N–H and O–H groups in total. The van der Waals surface area contributed by atoms with E-state index in [1.807, 2.05) is 6.92 Å². The zero-order valence-corrected chi connectivity index (χ0v) is 8.13. The minimum Gasteiger partial charge on any atom is -0.253 e. The summed E-state index contributed by atoms with van der Waals surface area (Å²) in [6.45, 7) is 6.15. The van der Waals surface area contributed by atoms with Gasteiger partial charge in [0.25, 0.3) is 0 Å². The van der Waals surface area contributed by atoms with Crippen LogP contribution in [0.25, 0.3) is 11.0 Å². The third kappa shape index (κ3) is 1.39. The van der Waals surface area contributed by atoms with Crippen molar-refractivity contribution in [3.05, 3.63) is 35.2 Å². The van der Waals surface area contributed by atoms with E-state index in [1.54, 1.807) is 6.20 Å². The van der Waals surface area contributed by atoms with Crippen molar-refractivity contribution < 1.29 is 0 Å². The highest BCUT2D eigenvalue weighted by Crippen LogP contribution is 2.15. The SMILES string of the molecule is Cc1cnc2cc(C)c(C)cc2n1. The Morgan fingerprint density at radius 2 is 1.54 bits per heavy atom. The van der Waals surface area contributed by atoms with Crippen molar-refractivity contribution in [2.45, 2.75) is 20.8 Å². The van der Waals surface area contributed by atoms with Gasteiger partial charge in [-0.2, -0.15) is 0 Å². The molecule has 2 aromatic rings. The van der Waals surface area contributed by atoms with Crippen molar-refractivity contribution in [3.63, 3.8) is 0 Å². The first-order valence-electron chi connectivity index (χ1n) is 4.37. The molecule has 0 aliphatic rings. The molecule has 0 spiro atoms. The van der Waals surface area contributed by atoms with E-state index in [-0.39, 0.29) is 0 Å². The smallest absolute Gasteiger partial charge is 0.0892 e. The number of benzene rings is 1. The zero-order chi connectivity index (χ0) is 9.42. The summed E-state index contributed by atoms with van der Waals surface area (Å²) in [5, 5.41) is 0. The molecule has 13 heavy (non-hydrogen) atoms. The number of aryl methyl sites for hydroxylation is 3. The number of fused-ring (bicyclic) bond motifs is 1. The summed E-state index contributed by atoms with van der Waals surface area (Å²) in [6.07, 6.45) is 1.80. The molecule has 0 aliphatic heterocycles. The second kappa shape index (κ2) is 2.80. The van der Waals surface area contributed by atoms with Crippen molar-refractivity contribution in [1.29, 1.82) is 0 Å². The first kappa shape index (κ1) is 8.17. The fourth-order valence-electron chi connectivity index (χ4n) is 1.36. The molecule has 1 aromatic heterocycles. The summed E-state index contributed by atoms with van der Waals surface area (Å²) in [4.78, 5) is 8.74. The third-order valence-corrected chi connectivity index (χ3v) is 2.28. The molecule has 0 bridgehead atoms. The Morgan fingerprint density at radius 1 is 0.923 bits per heavy atom. The molecule has 0 amide bonds. The molecule has 0 radical (unpaired) electrons. The van der Waals surface area contributed by atoms with Crippen LogP contribution in [0.15, 0.2) is 18.3 Å². The van der Waals surface area contributed by atoms with E-state index in [2.05, 4.69) is 35.9 Å². The summed E-state index contributed by atoms with van der Waals surface area (Å²) in [7, 11) is 0. The fourth-order valence-corrected chi connectivity index (χ4v) is 1.36. The topological polar surface area (TPSA) is 25.8 Å². The second-order valence-corrected chi connectivity index (χ2v) is 3.44. The van der Waals surface area contributed by atoms with Gasteiger partial charge < -0.3 is 0 Å². The van der Waals surface area contributed by atoms with Gasteiger partial charge in [-0.05, 0) is 44.0 Å². The van der Waals surface area contributed by atoms with Crippen molar-refractivity contribution in [2.75, 3.05) is 0 Å². The number of rotatable bonds is 0. The summed E-state index contributed by atoms with van der Waals surface area (Å²) in [5.74, 6) is 0. The summed E-state index contributed by atoms with van der Waals surface area (Å²) < 4.78 is 0. The second-order valence-electron chi connectivity index (χ2n) is 3.44. The van der Waals surface area contributed by atoms with Crippen LogP contribution in [-0.2, 0) is 0 Å². The predicted molar refractivity (Wildman–Crippen MR) is 53.7 cm³/mol. The van der Waals surface area contributed by atoms with Gasteiger partial charge in [0.1, 0.15) is 0 Å². The summed E-state index contributed by atoms with van der Waals surface area (Å²) >= 11 is 0. The standard InChI is InChI=1S/C11H12N2/c1-7-4-10-11(5-8(7)2)13-9(3)6-12-10/h4-6H,1-3H3. The molecule has 0 unspecified atom stereocenters. The monoisotopic (exact) mass is 172 g/mol. The molecular weight excluding hydrogens is 160 g/mol. The number of hydrogen-bond acceptors (Lipinski definition) is 2. The molecule has 0 aliphatic carbocycles. The molecule has 2 nitrogen and oxygen atoms in total. The lowest BCUT2D eigenvalue weighted by molar-refractivity contribution is 1.17. The van der Waals surface area contributed by atoms with Crippen LogP contribution in [0, 0.1) is 20.8 Å².